The maximum Gasteiger partial charge on any atom is 0.123 e. The van der Waals surface area contributed by atoms with E-state index in [1.54, 1.807) is 6.07 Å². The molecule has 0 spiro atoms. The second kappa shape index (κ2) is 4.54. The van der Waals surface area contributed by atoms with Crippen molar-refractivity contribution in [2.45, 2.75) is 44.1 Å². The molecule has 2 nitrogen and oxygen atoms in total. The molecule has 0 unspecified atom stereocenters. The van der Waals surface area contributed by atoms with E-state index in [-0.39, 0.29) is 5.82 Å². The van der Waals surface area contributed by atoms with E-state index in [0.29, 0.717) is 12.3 Å². The van der Waals surface area contributed by atoms with Gasteiger partial charge in [-0.2, -0.15) is 0 Å². The molecule has 1 N–H and O–H groups in total. The zero-order valence-electron chi connectivity index (χ0n) is 10.5. The van der Waals surface area contributed by atoms with Crippen LogP contribution in [-0.2, 0) is 6.42 Å². The lowest BCUT2D eigenvalue weighted by molar-refractivity contribution is 0.146. The number of hydrogen-bond donors (Lipinski definition) is 1. The number of ether oxygens (including phenoxy) is 1. The van der Waals surface area contributed by atoms with Gasteiger partial charge in [0.25, 0.3) is 0 Å². The van der Waals surface area contributed by atoms with Crippen molar-refractivity contribution in [2.24, 2.45) is 5.92 Å². The molecule has 2 aliphatic rings. The maximum absolute atomic E-state index is 13.3. The van der Waals surface area contributed by atoms with Crippen LogP contribution in [0.3, 0.4) is 0 Å². The highest BCUT2D eigenvalue weighted by Crippen LogP contribution is 2.40. The molecule has 0 bridgehead atoms. The van der Waals surface area contributed by atoms with E-state index in [2.05, 4.69) is 0 Å². The molecule has 0 heterocycles. The minimum atomic E-state index is -0.609. The number of benzene rings is 1. The van der Waals surface area contributed by atoms with Crippen LogP contribution in [0.2, 0.25) is 0 Å². The van der Waals surface area contributed by atoms with E-state index in [4.69, 9.17) is 4.74 Å². The van der Waals surface area contributed by atoms with Crippen molar-refractivity contribution < 1.29 is 14.2 Å². The molecule has 0 atom stereocenters. The summed E-state index contributed by atoms with van der Waals surface area (Å²) >= 11 is 0. The first-order valence-corrected chi connectivity index (χ1v) is 6.78. The molecule has 0 saturated heterocycles. The van der Waals surface area contributed by atoms with Crippen molar-refractivity contribution in [3.05, 3.63) is 29.6 Å². The van der Waals surface area contributed by atoms with Crippen LogP contribution in [0.4, 0.5) is 4.39 Å². The Labute approximate surface area is 107 Å². The third kappa shape index (κ3) is 2.66. The molecule has 3 heteroatoms. The zero-order valence-corrected chi connectivity index (χ0v) is 10.5. The van der Waals surface area contributed by atoms with Crippen molar-refractivity contribution in [1.82, 2.24) is 0 Å². The van der Waals surface area contributed by atoms with Crippen molar-refractivity contribution in [3.63, 3.8) is 0 Å². The molecular formula is C15H19FO2. The molecule has 2 saturated carbocycles. The predicted molar refractivity (Wildman–Crippen MR) is 67.1 cm³/mol. The molecule has 0 radical (unpaired) electrons. The van der Waals surface area contributed by atoms with Gasteiger partial charge in [-0.1, -0.05) is 6.42 Å². The van der Waals surface area contributed by atoms with Gasteiger partial charge in [0.05, 0.1) is 12.2 Å². The highest BCUT2D eigenvalue weighted by atomic mass is 19.1. The topological polar surface area (TPSA) is 29.5 Å². The van der Waals surface area contributed by atoms with Gasteiger partial charge in [-0.05, 0) is 55.4 Å². The first kappa shape index (κ1) is 12.0. The van der Waals surface area contributed by atoms with Gasteiger partial charge in [0.2, 0.25) is 0 Å². The Morgan fingerprint density at radius 2 is 2.11 bits per heavy atom. The Kier molecular flexibility index (Phi) is 3.02. The fourth-order valence-corrected chi connectivity index (χ4v) is 2.37. The molecule has 2 aliphatic carbocycles. The number of aliphatic hydroxyl groups is 1. The second-order valence-electron chi connectivity index (χ2n) is 5.76. The molecule has 0 aliphatic heterocycles. The van der Waals surface area contributed by atoms with E-state index < -0.39 is 5.60 Å². The average Bonchev–Trinajstić information content (AvgIpc) is 2.97. The highest BCUT2D eigenvalue weighted by molar-refractivity contribution is 5.36. The van der Waals surface area contributed by atoms with Gasteiger partial charge in [0.15, 0.2) is 0 Å². The van der Waals surface area contributed by atoms with E-state index in [1.165, 1.54) is 31.4 Å². The van der Waals surface area contributed by atoms with Gasteiger partial charge in [-0.25, -0.2) is 4.39 Å². The van der Waals surface area contributed by atoms with Gasteiger partial charge in [0.1, 0.15) is 11.6 Å². The predicted octanol–water partition coefficient (Wildman–Crippen LogP) is 3.07. The van der Waals surface area contributed by atoms with Crippen molar-refractivity contribution in [2.75, 3.05) is 6.61 Å². The van der Waals surface area contributed by atoms with E-state index in [1.807, 2.05) is 0 Å². The van der Waals surface area contributed by atoms with Crippen LogP contribution < -0.4 is 4.74 Å². The molecule has 0 amide bonds. The summed E-state index contributed by atoms with van der Waals surface area (Å²) in [6.45, 7) is 0.719. The Hall–Kier alpha value is -1.09. The van der Waals surface area contributed by atoms with Crippen LogP contribution in [-0.4, -0.2) is 17.3 Å². The smallest absolute Gasteiger partial charge is 0.123 e. The van der Waals surface area contributed by atoms with Crippen LogP contribution in [0.1, 0.15) is 37.7 Å². The van der Waals surface area contributed by atoms with Crippen LogP contribution in [0.25, 0.3) is 0 Å². The van der Waals surface area contributed by atoms with Gasteiger partial charge in [-0.3, -0.25) is 0 Å². The lowest BCUT2D eigenvalue weighted by atomic mass is 9.86. The van der Waals surface area contributed by atoms with Crippen LogP contribution in [0, 0.1) is 11.7 Å². The van der Waals surface area contributed by atoms with Crippen molar-refractivity contribution in [3.8, 4) is 5.75 Å². The Morgan fingerprint density at radius 1 is 1.33 bits per heavy atom. The number of hydrogen-bond acceptors (Lipinski definition) is 2. The second-order valence-corrected chi connectivity index (χ2v) is 5.76. The Bertz CT molecular complexity index is 436. The minimum Gasteiger partial charge on any atom is -0.493 e. The van der Waals surface area contributed by atoms with Crippen LogP contribution in [0.5, 0.6) is 5.75 Å². The molecule has 1 aromatic rings. The summed E-state index contributed by atoms with van der Waals surface area (Å²) in [6, 6.07) is 4.61. The molecule has 2 fully saturated rings. The lowest BCUT2D eigenvalue weighted by Crippen LogP contribution is -2.20. The summed E-state index contributed by atoms with van der Waals surface area (Å²) in [5.41, 5.74) is 0.192. The summed E-state index contributed by atoms with van der Waals surface area (Å²) in [4.78, 5) is 0. The van der Waals surface area contributed by atoms with Gasteiger partial charge in [0, 0.05) is 6.42 Å². The SMILES string of the molecule is OC1(Cc2cc(F)ccc2OCC2CCC2)CC1. The van der Waals surface area contributed by atoms with Crippen LogP contribution >= 0.6 is 0 Å². The summed E-state index contributed by atoms with van der Waals surface area (Å²) < 4.78 is 19.1. The van der Waals surface area contributed by atoms with E-state index >= 15 is 0 Å². The maximum atomic E-state index is 13.3. The first-order chi connectivity index (χ1) is 8.65. The van der Waals surface area contributed by atoms with Gasteiger partial charge >= 0.3 is 0 Å². The molecule has 3 rings (SSSR count). The quantitative estimate of drug-likeness (QED) is 0.870. The molecular weight excluding hydrogens is 231 g/mol. The fourth-order valence-electron chi connectivity index (χ4n) is 2.37. The highest BCUT2D eigenvalue weighted by Gasteiger charge is 2.40. The number of rotatable bonds is 5. The van der Waals surface area contributed by atoms with Crippen molar-refractivity contribution >= 4 is 0 Å². The standard InChI is InChI=1S/C15H19FO2/c16-13-4-5-14(18-10-11-2-1-3-11)12(8-13)9-15(17)6-7-15/h4-5,8,11,17H,1-3,6-7,9-10H2. The lowest BCUT2D eigenvalue weighted by Gasteiger charge is -2.26. The normalized spacial score (nSPS) is 21.4. The average molecular weight is 250 g/mol. The summed E-state index contributed by atoms with van der Waals surface area (Å²) in [7, 11) is 0. The fraction of sp³-hybridized carbons (Fsp3) is 0.600. The van der Waals surface area contributed by atoms with Crippen molar-refractivity contribution in [1.29, 1.82) is 0 Å². The zero-order chi connectivity index (χ0) is 12.6. The van der Waals surface area contributed by atoms with Gasteiger partial charge < -0.3 is 9.84 Å². The minimum absolute atomic E-state index is 0.259. The molecule has 1 aromatic carbocycles. The monoisotopic (exact) mass is 250 g/mol. The Morgan fingerprint density at radius 3 is 2.72 bits per heavy atom. The first-order valence-electron chi connectivity index (χ1n) is 6.78. The number of halogens is 1. The van der Waals surface area contributed by atoms with Gasteiger partial charge in [-0.15, -0.1) is 0 Å². The van der Waals surface area contributed by atoms with Crippen LogP contribution in [0.15, 0.2) is 18.2 Å². The van der Waals surface area contributed by atoms with E-state index in [0.717, 1.165) is 30.8 Å². The largest absolute Gasteiger partial charge is 0.493 e. The van der Waals surface area contributed by atoms with E-state index in [9.17, 15) is 9.50 Å². The molecule has 98 valence electrons. The summed E-state index contributed by atoms with van der Waals surface area (Å²) in [5, 5.41) is 9.95. The third-order valence-electron chi connectivity index (χ3n) is 4.07. The molecule has 0 aromatic heterocycles. The summed E-state index contributed by atoms with van der Waals surface area (Å²) in [5.74, 6) is 1.14. The Balaban J connectivity index is 1.69. The molecule has 18 heavy (non-hydrogen) atoms. The third-order valence-corrected chi connectivity index (χ3v) is 4.07. The summed E-state index contributed by atoms with van der Waals surface area (Å²) in [6.07, 6.45) is 5.90.